The Balaban J connectivity index is 1.92. The molecule has 0 amide bonds. The molecular weight excluding hydrogens is 262 g/mol. The molecule has 0 spiro atoms. The molecule has 0 aliphatic carbocycles. The molecule has 0 radical (unpaired) electrons. The first-order valence-electron chi connectivity index (χ1n) is 5.93. The second-order valence-corrected chi connectivity index (χ2v) is 6.49. The minimum Gasteiger partial charge on any atom is -0.337 e. The lowest BCUT2D eigenvalue weighted by molar-refractivity contribution is 0.601. The average Bonchev–Trinajstić information content (AvgIpc) is 2.75. The van der Waals surface area contributed by atoms with E-state index in [1.165, 1.54) is 6.26 Å². The summed E-state index contributed by atoms with van der Waals surface area (Å²) in [5.74, 6) is 0.966. The molecule has 0 saturated heterocycles. The van der Waals surface area contributed by atoms with Crippen LogP contribution in [0.25, 0.3) is 0 Å². The number of rotatable bonds is 5. The van der Waals surface area contributed by atoms with Crippen LogP contribution in [0.15, 0.2) is 41.6 Å². The SMILES string of the molecule is Cn1ccnc1CNCc1ccc(S(C)(=O)=O)cc1. The standard InChI is InChI=1S/C13H17N3O2S/c1-16-8-7-15-13(16)10-14-9-11-3-5-12(6-4-11)19(2,17)18/h3-8,14H,9-10H2,1-2H3. The van der Waals surface area contributed by atoms with E-state index in [9.17, 15) is 8.42 Å². The summed E-state index contributed by atoms with van der Waals surface area (Å²) in [7, 11) is -1.17. The van der Waals surface area contributed by atoms with Crippen LogP contribution in [0.3, 0.4) is 0 Å². The van der Waals surface area contributed by atoms with Gasteiger partial charge in [-0.2, -0.15) is 0 Å². The number of hydrogen-bond donors (Lipinski definition) is 1. The van der Waals surface area contributed by atoms with Gasteiger partial charge in [-0.3, -0.25) is 0 Å². The Morgan fingerprint density at radius 1 is 1.21 bits per heavy atom. The highest BCUT2D eigenvalue weighted by Gasteiger charge is 2.06. The monoisotopic (exact) mass is 279 g/mol. The molecular formula is C13H17N3O2S. The molecule has 0 aliphatic rings. The van der Waals surface area contributed by atoms with E-state index in [0.717, 1.165) is 11.4 Å². The zero-order chi connectivity index (χ0) is 13.9. The molecule has 1 aromatic carbocycles. The van der Waals surface area contributed by atoms with Crippen molar-refractivity contribution in [2.45, 2.75) is 18.0 Å². The van der Waals surface area contributed by atoms with Gasteiger partial charge in [0.2, 0.25) is 0 Å². The van der Waals surface area contributed by atoms with Crippen LogP contribution in [0.4, 0.5) is 0 Å². The van der Waals surface area contributed by atoms with Gasteiger partial charge in [0.1, 0.15) is 5.82 Å². The fourth-order valence-electron chi connectivity index (χ4n) is 1.74. The minimum atomic E-state index is -3.11. The molecule has 2 rings (SSSR count). The van der Waals surface area contributed by atoms with E-state index < -0.39 is 9.84 Å². The number of nitrogens with zero attached hydrogens (tertiary/aromatic N) is 2. The second-order valence-electron chi connectivity index (χ2n) is 4.47. The number of sulfone groups is 1. The van der Waals surface area contributed by atoms with Crippen molar-refractivity contribution in [3.05, 3.63) is 48.0 Å². The quantitative estimate of drug-likeness (QED) is 0.890. The first-order chi connectivity index (χ1) is 8.97. The molecule has 1 heterocycles. The summed E-state index contributed by atoms with van der Waals surface area (Å²) in [5.41, 5.74) is 1.04. The van der Waals surface area contributed by atoms with E-state index in [1.54, 1.807) is 18.3 Å². The normalized spacial score (nSPS) is 11.7. The largest absolute Gasteiger partial charge is 0.337 e. The highest BCUT2D eigenvalue weighted by atomic mass is 32.2. The molecule has 0 atom stereocenters. The number of imidazole rings is 1. The lowest BCUT2D eigenvalue weighted by atomic mass is 10.2. The number of benzene rings is 1. The molecule has 6 heteroatoms. The Labute approximate surface area is 113 Å². The molecule has 0 bridgehead atoms. The van der Waals surface area contributed by atoms with Crippen molar-refractivity contribution < 1.29 is 8.42 Å². The molecule has 1 N–H and O–H groups in total. The van der Waals surface area contributed by atoms with Gasteiger partial charge in [0.05, 0.1) is 11.4 Å². The van der Waals surface area contributed by atoms with E-state index in [-0.39, 0.29) is 0 Å². The van der Waals surface area contributed by atoms with E-state index in [4.69, 9.17) is 0 Å². The van der Waals surface area contributed by atoms with Crippen LogP contribution in [-0.4, -0.2) is 24.2 Å². The van der Waals surface area contributed by atoms with E-state index in [2.05, 4.69) is 10.3 Å². The smallest absolute Gasteiger partial charge is 0.175 e. The molecule has 1 aromatic heterocycles. The van der Waals surface area contributed by atoms with Crippen LogP contribution in [0.5, 0.6) is 0 Å². The summed E-state index contributed by atoms with van der Waals surface area (Å²) in [6, 6.07) is 6.91. The maximum atomic E-state index is 11.3. The van der Waals surface area contributed by atoms with Gasteiger partial charge in [-0.1, -0.05) is 12.1 Å². The van der Waals surface area contributed by atoms with Crippen LogP contribution in [-0.2, 0) is 30.0 Å². The van der Waals surface area contributed by atoms with E-state index >= 15 is 0 Å². The van der Waals surface area contributed by atoms with E-state index in [1.807, 2.05) is 29.9 Å². The summed E-state index contributed by atoms with van der Waals surface area (Å²) in [5, 5.41) is 3.27. The Bertz CT molecular complexity index is 645. The molecule has 2 aromatic rings. The van der Waals surface area contributed by atoms with Gasteiger partial charge >= 0.3 is 0 Å². The lowest BCUT2D eigenvalue weighted by Gasteiger charge is -2.06. The number of nitrogens with one attached hydrogen (secondary N) is 1. The minimum absolute atomic E-state index is 0.348. The van der Waals surface area contributed by atoms with Crippen molar-refractivity contribution in [3.63, 3.8) is 0 Å². The van der Waals surface area contributed by atoms with Crippen LogP contribution in [0, 0.1) is 0 Å². The van der Waals surface area contributed by atoms with Crippen molar-refractivity contribution in [1.29, 1.82) is 0 Å². The predicted octanol–water partition coefficient (Wildman–Crippen LogP) is 1.11. The Morgan fingerprint density at radius 2 is 1.89 bits per heavy atom. The Morgan fingerprint density at radius 3 is 2.42 bits per heavy atom. The number of aryl methyl sites for hydroxylation is 1. The van der Waals surface area contributed by atoms with Crippen molar-refractivity contribution in [3.8, 4) is 0 Å². The zero-order valence-corrected chi connectivity index (χ0v) is 11.8. The summed E-state index contributed by atoms with van der Waals surface area (Å²) >= 11 is 0. The first kappa shape index (κ1) is 13.8. The third kappa shape index (κ3) is 3.65. The van der Waals surface area contributed by atoms with Crippen LogP contribution < -0.4 is 5.32 Å². The summed E-state index contributed by atoms with van der Waals surface area (Å²) in [6.07, 6.45) is 4.87. The van der Waals surface area contributed by atoms with Gasteiger partial charge < -0.3 is 9.88 Å². The lowest BCUT2D eigenvalue weighted by Crippen LogP contribution is -2.15. The molecule has 102 valence electrons. The number of aromatic nitrogens is 2. The second kappa shape index (κ2) is 5.54. The van der Waals surface area contributed by atoms with Crippen molar-refractivity contribution in [2.75, 3.05) is 6.26 Å². The van der Waals surface area contributed by atoms with Crippen molar-refractivity contribution in [2.24, 2.45) is 7.05 Å². The topological polar surface area (TPSA) is 64.0 Å². The average molecular weight is 279 g/mol. The molecule has 0 fully saturated rings. The fourth-order valence-corrected chi connectivity index (χ4v) is 2.37. The van der Waals surface area contributed by atoms with Gasteiger partial charge in [-0.15, -0.1) is 0 Å². The fraction of sp³-hybridized carbons (Fsp3) is 0.308. The van der Waals surface area contributed by atoms with Crippen molar-refractivity contribution >= 4 is 9.84 Å². The first-order valence-corrected chi connectivity index (χ1v) is 7.82. The van der Waals surface area contributed by atoms with Crippen LogP contribution in [0.2, 0.25) is 0 Å². The molecule has 19 heavy (non-hydrogen) atoms. The maximum Gasteiger partial charge on any atom is 0.175 e. The van der Waals surface area contributed by atoms with Gasteiger partial charge in [-0.05, 0) is 17.7 Å². The van der Waals surface area contributed by atoms with Crippen LogP contribution in [0.1, 0.15) is 11.4 Å². The van der Waals surface area contributed by atoms with Crippen LogP contribution >= 0.6 is 0 Å². The Hall–Kier alpha value is -1.66. The van der Waals surface area contributed by atoms with E-state index in [0.29, 0.717) is 18.0 Å². The predicted molar refractivity (Wildman–Crippen MR) is 73.3 cm³/mol. The Kier molecular flexibility index (Phi) is 4.01. The third-order valence-electron chi connectivity index (χ3n) is 2.88. The van der Waals surface area contributed by atoms with Gasteiger partial charge in [0, 0.05) is 32.2 Å². The van der Waals surface area contributed by atoms with Crippen molar-refractivity contribution in [1.82, 2.24) is 14.9 Å². The van der Waals surface area contributed by atoms with Gasteiger partial charge in [0.25, 0.3) is 0 Å². The summed E-state index contributed by atoms with van der Waals surface area (Å²) in [4.78, 5) is 4.56. The van der Waals surface area contributed by atoms with Gasteiger partial charge in [0.15, 0.2) is 9.84 Å². The molecule has 0 aliphatic heterocycles. The highest BCUT2D eigenvalue weighted by Crippen LogP contribution is 2.10. The number of hydrogen-bond acceptors (Lipinski definition) is 4. The molecule has 5 nitrogen and oxygen atoms in total. The maximum absolute atomic E-state index is 11.3. The highest BCUT2D eigenvalue weighted by molar-refractivity contribution is 7.90. The molecule has 0 unspecified atom stereocenters. The summed E-state index contributed by atoms with van der Waals surface area (Å²) in [6.45, 7) is 1.36. The molecule has 0 saturated carbocycles. The zero-order valence-electron chi connectivity index (χ0n) is 11.0. The summed E-state index contributed by atoms with van der Waals surface area (Å²) < 4.78 is 24.6. The third-order valence-corrected chi connectivity index (χ3v) is 4.01. The van der Waals surface area contributed by atoms with Gasteiger partial charge in [-0.25, -0.2) is 13.4 Å².